The summed E-state index contributed by atoms with van der Waals surface area (Å²) in [6.45, 7) is 1.73. The van der Waals surface area contributed by atoms with Crippen molar-refractivity contribution in [3.8, 4) is 0 Å². The smallest absolute Gasteiger partial charge is 0.336 e. The zero-order chi connectivity index (χ0) is 24.0. The number of hydrogen-bond donors (Lipinski definition) is 0. The number of carbonyl (C=O) groups is 5. The molecule has 0 spiro atoms. The highest BCUT2D eigenvalue weighted by molar-refractivity contribution is 6.23. The van der Waals surface area contributed by atoms with E-state index in [2.05, 4.69) is 0 Å². The van der Waals surface area contributed by atoms with Gasteiger partial charge in [0, 0.05) is 11.8 Å². The number of ether oxygens (including phenoxy) is 1. The number of hydrazine groups is 1. The van der Waals surface area contributed by atoms with Crippen molar-refractivity contribution in [2.75, 3.05) is 6.61 Å². The topological polar surface area (TPSA) is 104 Å². The summed E-state index contributed by atoms with van der Waals surface area (Å²) in [5.41, 5.74) is 0.749. The quantitative estimate of drug-likeness (QED) is 0.395. The monoisotopic (exact) mass is 457 g/mol. The van der Waals surface area contributed by atoms with Gasteiger partial charge in [-0.2, -0.15) is 0 Å². The van der Waals surface area contributed by atoms with E-state index in [4.69, 9.17) is 4.74 Å². The number of amides is 4. The van der Waals surface area contributed by atoms with Crippen LogP contribution in [0.1, 0.15) is 38.0 Å². The van der Waals surface area contributed by atoms with Crippen LogP contribution in [0, 0.1) is 0 Å². The highest BCUT2D eigenvalue weighted by atomic mass is 16.5. The molecule has 0 N–H and O–H groups in total. The van der Waals surface area contributed by atoms with Crippen molar-refractivity contribution in [3.63, 3.8) is 0 Å². The lowest BCUT2D eigenvalue weighted by atomic mass is 9.88. The van der Waals surface area contributed by atoms with Crippen molar-refractivity contribution in [1.82, 2.24) is 14.9 Å². The molecule has 0 bridgehead atoms. The van der Waals surface area contributed by atoms with Crippen LogP contribution in [0.3, 0.4) is 0 Å². The molecule has 0 saturated carbocycles. The molecule has 9 nitrogen and oxygen atoms in total. The van der Waals surface area contributed by atoms with Gasteiger partial charge < -0.3 is 4.74 Å². The Morgan fingerprint density at radius 3 is 2.12 bits per heavy atom. The molecular formula is C25H19N3O6. The van der Waals surface area contributed by atoms with Crippen LogP contribution in [-0.4, -0.2) is 63.2 Å². The van der Waals surface area contributed by atoms with E-state index in [1.165, 1.54) is 30.5 Å². The minimum atomic E-state index is -1.30. The second-order valence-corrected chi connectivity index (χ2v) is 7.80. The highest BCUT2D eigenvalue weighted by Crippen LogP contribution is 2.38. The van der Waals surface area contributed by atoms with Crippen LogP contribution >= 0.6 is 0 Å². The number of nitrogens with zero attached hydrogens (tertiary/aromatic N) is 3. The first-order chi connectivity index (χ1) is 16.5. The first-order valence-corrected chi connectivity index (χ1v) is 10.7. The van der Waals surface area contributed by atoms with Gasteiger partial charge in [-0.25, -0.2) is 14.8 Å². The standard InChI is InChI=1S/C25H19N3O6/c1-2-34-25(33)18-13-8-14-26(21(29)15-9-4-3-5-10-15)28-19(18)20(24(28)32)27-22(30)16-11-6-7-12-17(16)23(27)31/h3-14,19-20H,2H2,1H3/t19-,20+/m0/s1. The Bertz CT molecular complexity index is 1260. The normalized spacial score (nSPS) is 20.9. The van der Waals surface area contributed by atoms with Gasteiger partial charge in [-0.05, 0) is 43.3 Å². The zero-order valence-electron chi connectivity index (χ0n) is 18.1. The van der Waals surface area contributed by atoms with E-state index < -0.39 is 41.7 Å². The minimum Gasteiger partial charge on any atom is -0.463 e. The molecule has 4 amide bonds. The number of hydrogen-bond acceptors (Lipinski definition) is 6. The fourth-order valence-electron chi connectivity index (χ4n) is 4.39. The van der Waals surface area contributed by atoms with E-state index in [-0.39, 0.29) is 23.3 Å². The Hall–Kier alpha value is -4.53. The summed E-state index contributed by atoms with van der Waals surface area (Å²) in [6.07, 6.45) is 4.26. The second-order valence-electron chi connectivity index (χ2n) is 7.80. The third-order valence-corrected chi connectivity index (χ3v) is 5.94. The number of rotatable bonds is 4. The van der Waals surface area contributed by atoms with Gasteiger partial charge in [-0.15, -0.1) is 0 Å². The Balaban J connectivity index is 1.55. The lowest BCUT2D eigenvalue weighted by Crippen LogP contribution is -2.76. The fourth-order valence-corrected chi connectivity index (χ4v) is 4.39. The van der Waals surface area contributed by atoms with Crippen LogP contribution < -0.4 is 0 Å². The molecule has 2 atom stereocenters. The molecule has 0 radical (unpaired) electrons. The Morgan fingerprint density at radius 2 is 1.50 bits per heavy atom. The summed E-state index contributed by atoms with van der Waals surface area (Å²) in [5.74, 6) is -3.12. The zero-order valence-corrected chi connectivity index (χ0v) is 18.1. The molecule has 2 aromatic rings. The largest absolute Gasteiger partial charge is 0.463 e. The minimum absolute atomic E-state index is 0.0580. The van der Waals surface area contributed by atoms with Gasteiger partial charge in [0.05, 0.1) is 23.3 Å². The Labute approximate surface area is 194 Å². The Morgan fingerprint density at radius 1 is 0.882 bits per heavy atom. The molecule has 1 fully saturated rings. The van der Waals surface area contributed by atoms with Gasteiger partial charge >= 0.3 is 5.97 Å². The first kappa shape index (κ1) is 21.3. The maximum Gasteiger partial charge on any atom is 0.336 e. The van der Waals surface area contributed by atoms with Gasteiger partial charge in [-0.3, -0.25) is 24.1 Å². The molecule has 170 valence electrons. The van der Waals surface area contributed by atoms with Gasteiger partial charge in [-0.1, -0.05) is 30.3 Å². The van der Waals surface area contributed by atoms with Gasteiger partial charge in [0.25, 0.3) is 23.6 Å². The molecule has 1 saturated heterocycles. The molecule has 0 unspecified atom stereocenters. The van der Waals surface area contributed by atoms with Gasteiger partial charge in [0.1, 0.15) is 12.1 Å². The maximum atomic E-state index is 13.4. The van der Waals surface area contributed by atoms with Crippen LogP contribution in [0.5, 0.6) is 0 Å². The molecule has 3 heterocycles. The van der Waals surface area contributed by atoms with E-state index in [0.717, 1.165) is 14.9 Å². The summed E-state index contributed by atoms with van der Waals surface area (Å²) < 4.78 is 5.16. The van der Waals surface area contributed by atoms with Crippen molar-refractivity contribution in [1.29, 1.82) is 0 Å². The number of esters is 1. The van der Waals surface area contributed by atoms with Crippen molar-refractivity contribution in [3.05, 3.63) is 95.2 Å². The highest BCUT2D eigenvalue weighted by Gasteiger charge is 2.61. The number of carbonyl (C=O) groups excluding carboxylic acids is 5. The molecule has 0 aliphatic carbocycles. The molecule has 3 aliphatic heterocycles. The predicted octanol–water partition coefficient (Wildman–Crippen LogP) is 1.94. The molecule has 9 heteroatoms. The van der Waals surface area contributed by atoms with Crippen LogP contribution in [0.15, 0.2) is 78.5 Å². The number of imide groups is 1. The second kappa shape index (κ2) is 8.11. The number of allylic oxidation sites excluding steroid dienone is 2. The van der Waals surface area contributed by atoms with E-state index in [1.807, 2.05) is 0 Å². The molecule has 2 aromatic carbocycles. The van der Waals surface area contributed by atoms with E-state index in [1.54, 1.807) is 49.4 Å². The number of β-lactam (4-membered cyclic amide) rings is 1. The van der Waals surface area contributed by atoms with Crippen LogP contribution in [0.25, 0.3) is 0 Å². The van der Waals surface area contributed by atoms with Crippen LogP contribution in [0.4, 0.5) is 0 Å². The summed E-state index contributed by atoms with van der Waals surface area (Å²) >= 11 is 0. The number of benzene rings is 2. The molecule has 0 aromatic heterocycles. The van der Waals surface area contributed by atoms with Crippen molar-refractivity contribution in [2.24, 2.45) is 0 Å². The van der Waals surface area contributed by atoms with Gasteiger partial charge in [0.2, 0.25) is 0 Å². The maximum absolute atomic E-state index is 13.4. The Kier molecular flexibility index (Phi) is 5.09. The van der Waals surface area contributed by atoms with Crippen molar-refractivity contribution >= 4 is 29.6 Å². The van der Waals surface area contributed by atoms with Gasteiger partial charge in [0.15, 0.2) is 0 Å². The third-order valence-electron chi connectivity index (χ3n) is 5.94. The predicted molar refractivity (Wildman–Crippen MR) is 118 cm³/mol. The van der Waals surface area contributed by atoms with Crippen LogP contribution in [-0.2, 0) is 14.3 Å². The average molecular weight is 457 g/mol. The molecule has 5 rings (SSSR count). The molecule has 34 heavy (non-hydrogen) atoms. The summed E-state index contributed by atoms with van der Waals surface area (Å²) in [6, 6.07) is 12.2. The molecule has 3 aliphatic rings. The lowest BCUT2D eigenvalue weighted by molar-refractivity contribution is -0.173. The summed E-state index contributed by atoms with van der Waals surface area (Å²) in [5, 5.41) is 2.19. The fraction of sp³-hybridized carbons (Fsp3) is 0.160. The van der Waals surface area contributed by atoms with Crippen molar-refractivity contribution < 1.29 is 28.7 Å². The van der Waals surface area contributed by atoms with E-state index in [0.29, 0.717) is 5.56 Å². The third kappa shape index (κ3) is 3.05. The van der Waals surface area contributed by atoms with E-state index >= 15 is 0 Å². The SMILES string of the molecule is CCOC(=O)C1=CC=CN(C(=O)c2ccccc2)N2C(=O)[C@H](N3C(=O)c4ccccc4C3=O)[C@H]12. The lowest BCUT2D eigenvalue weighted by Gasteiger charge is -2.51. The molecular weight excluding hydrogens is 438 g/mol. The number of fused-ring (bicyclic) bond motifs is 2. The van der Waals surface area contributed by atoms with Crippen molar-refractivity contribution in [2.45, 2.75) is 19.0 Å². The average Bonchev–Trinajstić information content (AvgIpc) is 3.00. The summed E-state index contributed by atoms with van der Waals surface area (Å²) in [7, 11) is 0. The summed E-state index contributed by atoms with van der Waals surface area (Å²) in [4.78, 5) is 66.5. The van der Waals surface area contributed by atoms with E-state index in [9.17, 15) is 24.0 Å². The first-order valence-electron chi connectivity index (χ1n) is 10.7. The van der Waals surface area contributed by atoms with Crippen LogP contribution in [0.2, 0.25) is 0 Å².